The molecule has 2 aromatic carbocycles. The Balaban J connectivity index is 1.69. The first-order valence-electron chi connectivity index (χ1n) is 14.4. The number of thiophene rings is 1. The first-order chi connectivity index (χ1) is 21.3. The van der Waals surface area contributed by atoms with Crippen LogP contribution in [0.2, 0.25) is 0 Å². The number of fused-ring (bicyclic) bond motifs is 3. The Morgan fingerprint density at radius 1 is 1.04 bits per heavy atom. The monoisotopic (exact) mass is 659 g/mol. The van der Waals surface area contributed by atoms with Crippen LogP contribution in [0.3, 0.4) is 0 Å². The van der Waals surface area contributed by atoms with Gasteiger partial charge in [0.2, 0.25) is 0 Å². The maximum absolute atomic E-state index is 14.5. The molecule has 3 aromatic heterocycles. The number of likely N-dealkylation sites (N-methyl/N-ethyl adjacent to an activating group) is 1. The Morgan fingerprint density at radius 2 is 1.71 bits per heavy atom. The molecule has 45 heavy (non-hydrogen) atoms. The fourth-order valence-corrected chi connectivity index (χ4v) is 7.65. The molecule has 1 aliphatic rings. The molecule has 0 spiro atoms. The maximum atomic E-state index is 14.5. The zero-order valence-electron chi connectivity index (χ0n) is 25.1. The van der Waals surface area contributed by atoms with Crippen molar-refractivity contribution in [1.29, 1.82) is 0 Å². The van der Waals surface area contributed by atoms with Gasteiger partial charge >= 0.3 is 15.5 Å². The summed E-state index contributed by atoms with van der Waals surface area (Å²) in [5, 5.41) is 5.01. The highest BCUT2D eigenvalue weighted by Crippen LogP contribution is 2.40. The highest BCUT2D eigenvalue weighted by molar-refractivity contribution is 7.91. The number of aromatic nitrogens is 3. The molecule has 5 aromatic rings. The summed E-state index contributed by atoms with van der Waals surface area (Å²) < 4.78 is 77.3. The fraction of sp³-hybridized carbons (Fsp3) is 0.355. The number of hydrogen-bond acceptors (Lipinski definition) is 8. The van der Waals surface area contributed by atoms with Crippen LogP contribution in [0.5, 0.6) is 5.75 Å². The number of nitrogens with zero attached hydrogens (tertiary/aromatic N) is 4. The Labute approximate surface area is 261 Å². The van der Waals surface area contributed by atoms with Crippen LogP contribution in [0.4, 0.5) is 18.9 Å². The van der Waals surface area contributed by atoms with Crippen LogP contribution >= 0.6 is 11.3 Å². The molecule has 0 aliphatic carbocycles. The van der Waals surface area contributed by atoms with E-state index in [4.69, 9.17) is 4.74 Å². The van der Waals surface area contributed by atoms with Crippen LogP contribution in [-0.2, 0) is 29.4 Å². The summed E-state index contributed by atoms with van der Waals surface area (Å²) >= 11 is 1.30. The predicted octanol–water partition coefficient (Wildman–Crippen LogP) is 5.69. The standard InChI is InChI=1S/C31H32F3N5O4S2/c1-18(2)35-27-26(30(40)38(24-11-14-44-28(24)27)17-19-5-7-22(43-4)8-6-19)29-36-23-15-20-9-12-37(3)13-10-21(20)16-25(23)39(29)45(41,42)31(32,33)34/h5-8,11,14-16,18,35H,9-10,12-13,17H2,1-4H3. The van der Waals surface area contributed by atoms with Crippen molar-refractivity contribution in [3.05, 3.63) is 74.9 Å². The van der Waals surface area contributed by atoms with Crippen molar-refractivity contribution >= 4 is 48.3 Å². The van der Waals surface area contributed by atoms with Gasteiger partial charge in [0.1, 0.15) is 11.3 Å². The summed E-state index contributed by atoms with van der Waals surface area (Å²) in [5.41, 5.74) is -3.52. The van der Waals surface area contributed by atoms with E-state index in [-0.39, 0.29) is 38.8 Å². The fourth-order valence-electron chi connectivity index (χ4n) is 5.76. The number of anilines is 1. The number of ether oxygens (including phenoxy) is 1. The summed E-state index contributed by atoms with van der Waals surface area (Å²) in [6.07, 6.45) is 1.16. The lowest BCUT2D eigenvalue weighted by Crippen LogP contribution is -2.32. The van der Waals surface area contributed by atoms with Gasteiger partial charge in [0, 0.05) is 19.1 Å². The summed E-state index contributed by atoms with van der Waals surface area (Å²) in [6.45, 7) is 5.14. The third-order valence-corrected chi connectivity index (χ3v) is 10.4. The van der Waals surface area contributed by atoms with E-state index in [9.17, 15) is 26.4 Å². The molecule has 0 bridgehead atoms. The molecule has 0 saturated carbocycles. The average molecular weight is 660 g/mol. The smallest absolute Gasteiger partial charge is 0.497 e. The van der Waals surface area contributed by atoms with Gasteiger partial charge in [-0.3, -0.25) is 4.79 Å². The van der Waals surface area contributed by atoms with Crippen molar-refractivity contribution in [3.8, 4) is 17.1 Å². The molecule has 0 unspecified atom stereocenters. The molecule has 1 N–H and O–H groups in total. The van der Waals surface area contributed by atoms with Crippen LogP contribution in [-0.4, -0.2) is 65.6 Å². The van der Waals surface area contributed by atoms with Crippen molar-refractivity contribution in [3.63, 3.8) is 0 Å². The Kier molecular flexibility index (Phi) is 7.94. The Morgan fingerprint density at radius 3 is 2.33 bits per heavy atom. The van der Waals surface area contributed by atoms with Crippen LogP contribution in [0.1, 0.15) is 30.5 Å². The second-order valence-electron chi connectivity index (χ2n) is 11.5. The maximum Gasteiger partial charge on any atom is 0.517 e. The molecular weight excluding hydrogens is 628 g/mol. The summed E-state index contributed by atoms with van der Waals surface area (Å²) in [5.74, 6) is 0.0478. The van der Waals surface area contributed by atoms with Crippen LogP contribution in [0.15, 0.2) is 52.6 Å². The largest absolute Gasteiger partial charge is 0.517 e. The minimum Gasteiger partial charge on any atom is -0.497 e. The van der Waals surface area contributed by atoms with E-state index in [1.54, 1.807) is 48.9 Å². The number of rotatable bonds is 7. The van der Waals surface area contributed by atoms with Crippen LogP contribution in [0.25, 0.3) is 32.6 Å². The first kappa shape index (κ1) is 31.1. The number of alkyl halides is 3. The van der Waals surface area contributed by atoms with Gasteiger partial charge in [0.25, 0.3) is 5.56 Å². The topological polar surface area (TPSA) is 98.5 Å². The van der Waals surface area contributed by atoms with Gasteiger partial charge in [-0.05, 0) is 86.1 Å². The number of hydrogen-bond donors (Lipinski definition) is 1. The van der Waals surface area contributed by atoms with Crippen molar-refractivity contribution in [1.82, 2.24) is 18.4 Å². The van der Waals surface area contributed by atoms with Crippen molar-refractivity contribution in [2.75, 3.05) is 32.6 Å². The first-order valence-corrected chi connectivity index (χ1v) is 16.7. The van der Waals surface area contributed by atoms with Gasteiger partial charge in [-0.15, -0.1) is 11.3 Å². The van der Waals surface area contributed by atoms with E-state index in [1.807, 2.05) is 20.9 Å². The van der Waals surface area contributed by atoms with Crippen molar-refractivity contribution < 1.29 is 26.3 Å². The van der Waals surface area contributed by atoms with Gasteiger partial charge in [0.15, 0.2) is 5.82 Å². The lowest BCUT2D eigenvalue weighted by Gasteiger charge is -2.20. The Bertz CT molecular complexity index is 2080. The Hall–Kier alpha value is -3.88. The van der Waals surface area contributed by atoms with E-state index in [1.165, 1.54) is 22.0 Å². The number of imidazole rings is 1. The molecule has 0 atom stereocenters. The predicted molar refractivity (Wildman–Crippen MR) is 171 cm³/mol. The van der Waals surface area contributed by atoms with E-state index in [2.05, 4.69) is 15.2 Å². The summed E-state index contributed by atoms with van der Waals surface area (Å²) in [6, 6.07) is 11.7. The number of benzene rings is 2. The summed E-state index contributed by atoms with van der Waals surface area (Å²) in [4.78, 5) is 21.1. The van der Waals surface area contributed by atoms with Crippen molar-refractivity contribution in [2.45, 2.75) is 44.8 Å². The van der Waals surface area contributed by atoms with Gasteiger partial charge in [-0.2, -0.15) is 21.6 Å². The highest BCUT2D eigenvalue weighted by atomic mass is 32.2. The molecule has 14 heteroatoms. The number of halogens is 3. The van der Waals surface area contributed by atoms with Gasteiger partial charge in [0.05, 0.1) is 40.6 Å². The lowest BCUT2D eigenvalue weighted by atomic mass is 10.0. The van der Waals surface area contributed by atoms with Crippen LogP contribution < -0.4 is 15.6 Å². The van der Waals surface area contributed by atoms with Gasteiger partial charge < -0.3 is 19.5 Å². The minimum atomic E-state index is -6.01. The summed E-state index contributed by atoms with van der Waals surface area (Å²) in [7, 11) is -2.51. The number of nitrogens with one attached hydrogen (secondary N) is 1. The molecule has 0 saturated heterocycles. The van der Waals surface area contributed by atoms with Crippen LogP contribution in [0, 0.1) is 0 Å². The molecular formula is C31H32F3N5O4S2. The number of pyridine rings is 1. The molecule has 6 rings (SSSR count). The molecule has 0 amide bonds. The quantitative estimate of drug-likeness (QED) is 0.240. The van der Waals surface area contributed by atoms with E-state index in [0.29, 0.717) is 35.4 Å². The average Bonchev–Trinajstić information content (AvgIpc) is 3.56. The molecule has 0 radical (unpaired) electrons. The molecule has 4 heterocycles. The molecule has 238 valence electrons. The molecule has 1 aliphatic heterocycles. The molecule has 9 nitrogen and oxygen atoms in total. The zero-order chi connectivity index (χ0) is 32.3. The zero-order valence-corrected chi connectivity index (χ0v) is 26.7. The number of methoxy groups -OCH3 is 1. The molecule has 0 fully saturated rings. The SMILES string of the molecule is COc1ccc(Cn2c(=O)c(-c3nc4cc5c(cc4n3S(=O)(=O)C(F)(F)F)CCN(C)CC5)c(NC(C)C)c3sccc32)cc1. The second-order valence-corrected chi connectivity index (χ2v) is 14.2. The van der Waals surface area contributed by atoms with E-state index >= 15 is 0 Å². The van der Waals surface area contributed by atoms with E-state index in [0.717, 1.165) is 23.2 Å². The second kappa shape index (κ2) is 11.5. The minimum absolute atomic E-state index is 0.0732. The van der Waals surface area contributed by atoms with Crippen molar-refractivity contribution in [2.24, 2.45) is 0 Å². The normalized spacial score (nSPS) is 14.7. The third-order valence-electron chi connectivity index (χ3n) is 8.02. The third kappa shape index (κ3) is 5.48. The highest BCUT2D eigenvalue weighted by Gasteiger charge is 2.50. The lowest BCUT2D eigenvalue weighted by molar-refractivity contribution is -0.0444. The van der Waals surface area contributed by atoms with E-state index < -0.39 is 26.9 Å². The van der Waals surface area contributed by atoms with Gasteiger partial charge in [-0.1, -0.05) is 12.1 Å². The van der Waals surface area contributed by atoms with Gasteiger partial charge in [-0.25, -0.2) is 8.96 Å².